The van der Waals surface area contributed by atoms with Crippen LogP contribution in [0.5, 0.6) is 11.5 Å². The number of anilines is 1. The van der Waals surface area contributed by atoms with E-state index in [-0.39, 0.29) is 0 Å². The van der Waals surface area contributed by atoms with Crippen molar-refractivity contribution in [2.24, 2.45) is 5.90 Å². The molecule has 2 rings (SSSR count). The molecule has 0 saturated carbocycles. The number of benzene rings is 1. The van der Waals surface area contributed by atoms with Crippen LogP contribution in [0.15, 0.2) is 18.5 Å². The first-order valence-corrected chi connectivity index (χ1v) is 4.21. The Kier molecular flexibility index (Phi) is 2.26. The predicted molar refractivity (Wildman–Crippen MR) is 55.3 cm³/mol. The number of rotatable bonds is 2. The van der Waals surface area contributed by atoms with Gasteiger partial charge in [-0.05, 0) is 6.07 Å². The summed E-state index contributed by atoms with van der Waals surface area (Å²) in [5.74, 6) is 6.39. The molecule has 2 aromatic rings. The number of nitrogens with two attached hydrogens (primary N) is 2. The van der Waals surface area contributed by atoms with Crippen molar-refractivity contribution in [3.63, 3.8) is 0 Å². The van der Waals surface area contributed by atoms with E-state index in [0.29, 0.717) is 28.2 Å². The molecule has 0 spiro atoms. The van der Waals surface area contributed by atoms with Gasteiger partial charge in [-0.25, -0.2) is 9.97 Å². The van der Waals surface area contributed by atoms with E-state index in [1.165, 1.54) is 13.4 Å². The topological polar surface area (TPSA) is 96.3 Å². The van der Waals surface area contributed by atoms with E-state index in [2.05, 4.69) is 14.8 Å². The Morgan fingerprint density at radius 3 is 2.67 bits per heavy atom. The molecule has 1 heterocycles. The van der Waals surface area contributed by atoms with Gasteiger partial charge in [0.1, 0.15) is 12.1 Å². The summed E-state index contributed by atoms with van der Waals surface area (Å²) < 4.78 is 5.08. The lowest BCUT2D eigenvalue weighted by Crippen LogP contribution is -2.04. The Balaban J connectivity index is 2.75. The molecule has 0 aliphatic heterocycles. The van der Waals surface area contributed by atoms with Gasteiger partial charge in [-0.1, -0.05) is 0 Å². The van der Waals surface area contributed by atoms with Crippen molar-refractivity contribution in [2.75, 3.05) is 12.8 Å². The standard InChI is InChI=1S/C9H10N4O2/c1-14-7-2-5-6(3-8(7)15-11)12-4-13-9(5)10/h2-4H,11H2,1H3,(H2,10,12,13). The number of hydrogen-bond acceptors (Lipinski definition) is 6. The van der Waals surface area contributed by atoms with Crippen molar-refractivity contribution in [3.05, 3.63) is 18.5 Å². The van der Waals surface area contributed by atoms with Crippen molar-refractivity contribution in [3.8, 4) is 11.5 Å². The Hall–Kier alpha value is -2.08. The second-order valence-electron chi connectivity index (χ2n) is 2.90. The van der Waals surface area contributed by atoms with Gasteiger partial charge in [0.05, 0.1) is 12.6 Å². The van der Waals surface area contributed by atoms with Gasteiger partial charge in [0.2, 0.25) is 0 Å². The van der Waals surface area contributed by atoms with Gasteiger partial charge in [0, 0.05) is 11.5 Å². The molecule has 78 valence electrons. The van der Waals surface area contributed by atoms with Crippen LogP contribution < -0.4 is 21.2 Å². The van der Waals surface area contributed by atoms with Crippen LogP contribution in [0.4, 0.5) is 5.82 Å². The minimum atomic E-state index is 0.391. The zero-order valence-electron chi connectivity index (χ0n) is 8.10. The molecule has 0 radical (unpaired) electrons. The third-order valence-electron chi connectivity index (χ3n) is 2.08. The van der Waals surface area contributed by atoms with Crippen LogP contribution in [-0.4, -0.2) is 17.1 Å². The number of fused-ring (bicyclic) bond motifs is 1. The Morgan fingerprint density at radius 2 is 2.00 bits per heavy atom. The minimum absolute atomic E-state index is 0.391. The summed E-state index contributed by atoms with van der Waals surface area (Å²) in [7, 11) is 1.52. The van der Waals surface area contributed by atoms with Gasteiger partial charge in [0.15, 0.2) is 11.5 Å². The summed E-state index contributed by atoms with van der Waals surface area (Å²) in [5, 5.41) is 0.704. The number of methoxy groups -OCH3 is 1. The summed E-state index contributed by atoms with van der Waals surface area (Å²) in [6.07, 6.45) is 1.38. The first-order chi connectivity index (χ1) is 7.26. The molecule has 4 N–H and O–H groups in total. The molecule has 15 heavy (non-hydrogen) atoms. The SMILES string of the molecule is COc1cc2c(N)ncnc2cc1ON. The monoisotopic (exact) mass is 206 g/mol. The molecule has 0 bridgehead atoms. The molecule has 6 heteroatoms. The van der Waals surface area contributed by atoms with Crippen LogP contribution in [-0.2, 0) is 0 Å². The van der Waals surface area contributed by atoms with Crippen molar-refractivity contribution in [2.45, 2.75) is 0 Å². The maximum Gasteiger partial charge on any atom is 0.190 e. The lowest BCUT2D eigenvalue weighted by Gasteiger charge is -2.08. The lowest BCUT2D eigenvalue weighted by atomic mass is 10.2. The minimum Gasteiger partial charge on any atom is -0.493 e. The summed E-state index contributed by atoms with van der Waals surface area (Å²) in [6.45, 7) is 0. The molecule has 0 atom stereocenters. The van der Waals surface area contributed by atoms with Crippen LogP contribution in [0.25, 0.3) is 10.9 Å². The second-order valence-corrected chi connectivity index (χ2v) is 2.90. The molecular weight excluding hydrogens is 196 g/mol. The van der Waals surface area contributed by atoms with E-state index < -0.39 is 0 Å². The Bertz CT molecular complexity index is 501. The predicted octanol–water partition coefficient (Wildman–Crippen LogP) is 0.473. The second kappa shape index (κ2) is 3.58. The van der Waals surface area contributed by atoms with E-state index in [0.717, 1.165) is 0 Å². The smallest absolute Gasteiger partial charge is 0.190 e. The molecular formula is C9H10N4O2. The molecule has 0 saturated heterocycles. The molecule has 1 aromatic heterocycles. The van der Waals surface area contributed by atoms with Gasteiger partial charge in [-0.3, -0.25) is 0 Å². The first kappa shape index (κ1) is 9.47. The normalized spacial score (nSPS) is 10.3. The Labute approximate surface area is 85.8 Å². The summed E-state index contributed by atoms with van der Waals surface area (Å²) in [4.78, 5) is 12.6. The van der Waals surface area contributed by atoms with Gasteiger partial charge < -0.3 is 15.3 Å². The molecule has 0 unspecified atom stereocenters. The van der Waals surface area contributed by atoms with E-state index in [4.69, 9.17) is 16.4 Å². The van der Waals surface area contributed by atoms with E-state index >= 15 is 0 Å². The van der Waals surface area contributed by atoms with E-state index in [1.807, 2.05) is 0 Å². The lowest BCUT2D eigenvalue weighted by molar-refractivity contribution is 0.306. The molecule has 0 aliphatic rings. The zero-order valence-corrected chi connectivity index (χ0v) is 8.10. The van der Waals surface area contributed by atoms with Crippen LogP contribution in [0.3, 0.4) is 0 Å². The summed E-state index contributed by atoms with van der Waals surface area (Å²) in [6, 6.07) is 3.33. The summed E-state index contributed by atoms with van der Waals surface area (Å²) >= 11 is 0. The fourth-order valence-electron chi connectivity index (χ4n) is 1.34. The third kappa shape index (κ3) is 1.50. The van der Waals surface area contributed by atoms with Crippen molar-refractivity contribution < 1.29 is 9.57 Å². The zero-order chi connectivity index (χ0) is 10.8. The largest absolute Gasteiger partial charge is 0.493 e. The van der Waals surface area contributed by atoms with Crippen LogP contribution in [0, 0.1) is 0 Å². The Morgan fingerprint density at radius 1 is 1.20 bits per heavy atom. The third-order valence-corrected chi connectivity index (χ3v) is 2.08. The van der Waals surface area contributed by atoms with Gasteiger partial charge in [0.25, 0.3) is 0 Å². The van der Waals surface area contributed by atoms with Crippen LogP contribution in [0.2, 0.25) is 0 Å². The fourth-order valence-corrected chi connectivity index (χ4v) is 1.34. The maximum atomic E-state index is 5.69. The number of aromatic nitrogens is 2. The highest BCUT2D eigenvalue weighted by molar-refractivity contribution is 5.90. The average molecular weight is 206 g/mol. The van der Waals surface area contributed by atoms with Gasteiger partial charge in [-0.15, -0.1) is 0 Å². The molecule has 0 amide bonds. The molecule has 6 nitrogen and oxygen atoms in total. The van der Waals surface area contributed by atoms with Gasteiger partial charge in [-0.2, -0.15) is 5.90 Å². The quantitative estimate of drug-likeness (QED) is 0.693. The number of ether oxygens (including phenoxy) is 1. The molecule has 1 aromatic carbocycles. The van der Waals surface area contributed by atoms with Crippen LogP contribution >= 0.6 is 0 Å². The fraction of sp³-hybridized carbons (Fsp3) is 0.111. The average Bonchev–Trinajstić information content (AvgIpc) is 2.28. The van der Waals surface area contributed by atoms with E-state index in [9.17, 15) is 0 Å². The number of nitrogens with zero attached hydrogens (tertiary/aromatic N) is 2. The molecule has 0 fully saturated rings. The first-order valence-electron chi connectivity index (χ1n) is 4.21. The highest BCUT2D eigenvalue weighted by Crippen LogP contribution is 2.32. The summed E-state index contributed by atoms with van der Waals surface area (Å²) in [5.41, 5.74) is 6.35. The number of hydrogen-bond donors (Lipinski definition) is 2. The van der Waals surface area contributed by atoms with Crippen molar-refractivity contribution in [1.82, 2.24) is 9.97 Å². The van der Waals surface area contributed by atoms with Gasteiger partial charge >= 0.3 is 0 Å². The molecule has 0 aliphatic carbocycles. The maximum absolute atomic E-state index is 5.69. The van der Waals surface area contributed by atoms with Crippen LogP contribution in [0.1, 0.15) is 0 Å². The van der Waals surface area contributed by atoms with Crippen molar-refractivity contribution >= 4 is 16.7 Å². The number of nitrogen functional groups attached to an aromatic ring is 1. The van der Waals surface area contributed by atoms with Crippen molar-refractivity contribution in [1.29, 1.82) is 0 Å². The highest BCUT2D eigenvalue weighted by atomic mass is 16.6. The highest BCUT2D eigenvalue weighted by Gasteiger charge is 2.09. The van der Waals surface area contributed by atoms with E-state index in [1.54, 1.807) is 12.1 Å².